The van der Waals surface area contributed by atoms with Gasteiger partial charge in [-0.3, -0.25) is 0 Å². The SMILES string of the molecule is O=C(OCCCS(=O)(=O)c1ccc(Cl)cc1)c1cc[n+]([O-])cc1. The molecule has 0 fully saturated rings. The van der Waals surface area contributed by atoms with Gasteiger partial charge >= 0.3 is 5.97 Å². The molecule has 1 aromatic carbocycles. The summed E-state index contributed by atoms with van der Waals surface area (Å²) in [7, 11) is -3.44. The Morgan fingerprint density at radius 1 is 1.13 bits per heavy atom. The first-order valence-corrected chi connectivity index (χ1v) is 8.76. The summed E-state index contributed by atoms with van der Waals surface area (Å²) in [6.07, 6.45) is 2.54. The van der Waals surface area contributed by atoms with Gasteiger partial charge in [-0.25, -0.2) is 13.2 Å². The van der Waals surface area contributed by atoms with E-state index < -0.39 is 15.8 Å². The van der Waals surface area contributed by atoms with E-state index in [1.807, 2.05) is 0 Å². The fourth-order valence-electron chi connectivity index (χ4n) is 1.81. The summed E-state index contributed by atoms with van der Waals surface area (Å²) in [5, 5.41) is 11.3. The topological polar surface area (TPSA) is 87.4 Å². The highest BCUT2D eigenvalue weighted by molar-refractivity contribution is 7.91. The first kappa shape index (κ1) is 17.2. The molecule has 0 bridgehead atoms. The van der Waals surface area contributed by atoms with Crippen LogP contribution in [0.4, 0.5) is 0 Å². The zero-order chi connectivity index (χ0) is 16.9. The van der Waals surface area contributed by atoms with Gasteiger partial charge in [-0.05, 0) is 30.7 Å². The molecule has 0 aliphatic heterocycles. The van der Waals surface area contributed by atoms with E-state index in [1.165, 1.54) is 48.8 Å². The van der Waals surface area contributed by atoms with Crippen LogP contribution in [0.15, 0.2) is 53.7 Å². The Morgan fingerprint density at radius 2 is 1.74 bits per heavy atom. The Balaban J connectivity index is 1.83. The number of halogens is 1. The van der Waals surface area contributed by atoms with Gasteiger partial charge in [-0.1, -0.05) is 11.6 Å². The maximum atomic E-state index is 12.1. The van der Waals surface area contributed by atoms with Crippen molar-refractivity contribution in [2.75, 3.05) is 12.4 Å². The van der Waals surface area contributed by atoms with E-state index in [2.05, 4.69) is 0 Å². The summed E-state index contributed by atoms with van der Waals surface area (Å²) in [6.45, 7) is -0.0298. The highest BCUT2D eigenvalue weighted by Crippen LogP contribution is 2.16. The number of pyridine rings is 1. The number of rotatable bonds is 6. The molecule has 0 aliphatic rings. The van der Waals surface area contributed by atoms with E-state index in [9.17, 15) is 18.4 Å². The van der Waals surface area contributed by atoms with Crippen molar-refractivity contribution < 1.29 is 22.7 Å². The van der Waals surface area contributed by atoms with Crippen molar-refractivity contribution in [3.8, 4) is 0 Å². The molecule has 2 aromatic rings. The molecule has 1 heterocycles. The first-order chi connectivity index (χ1) is 10.9. The zero-order valence-electron chi connectivity index (χ0n) is 12.0. The van der Waals surface area contributed by atoms with Crippen molar-refractivity contribution >= 4 is 27.4 Å². The minimum atomic E-state index is -3.44. The van der Waals surface area contributed by atoms with Gasteiger partial charge < -0.3 is 9.94 Å². The summed E-state index contributed by atoms with van der Waals surface area (Å²) in [6, 6.07) is 8.55. The molecule has 0 amide bonds. The Labute approximate surface area is 138 Å². The van der Waals surface area contributed by atoms with Crippen LogP contribution in [0.1, 0.15) is 16.8 Å². The Bertz CT molecular complexity index is 773. The number of aromatic nitrogens is 1. The third-order valence-electron chi connectivity index (χ3n) is 3.00. The lowest BCUT2D eigenvalue weighted by Gasteiger charge is -2.06. The minimum Gasteiger partial charge on any atom is -0.619 e. The lowest BCUT2D eigenvalue weighted by Crippen LogP contribution is -2.24. The second kappa shape index (κ2) is 7.43. The van der Waals surface area contributed by atoms with Gasteiger partial charge in [-0.15, -0.1) is 0 Å². The van der Waals surface area contributed by atoms with Crippen LogP contribution in [0.5, 0.6) is 0 Å². The van der Waals surface area contributed by atoms with Gasteiger partial charge in [0.2, 0.25) is 0 Å². The number of hydrogen-bond acceptors (Lipinski definition) is 5. The van der Waals surface area contributed by atoms with E-state index in [0.29, 0.717) is 9.75 Å². The van der Waals surface area contributed by atoms with Crippen LogP contribution >= 0.6 is 11.6 Å². The number of nitrogens with zero attached hydrogens (tertiary/aromatic N) is 1. The lowest BCUT2D eigenvalue weighted by molar-refractivity contribution is -0.605. The number of esters is 1. The largest absolute Gasteiger partial charge is 0.619 e. The third-order valence-corrected chi connectivity index (χ3v) is 5.07. The molecule has 0 radical (unpaired) electrons. The maximum Gasteiger partial charge on any atom is 0.338 e. The van der Waals surface area contributed by atoms with Gasteiger partial charge in [0.25, 0.3) is 0 Å². The smallest absolute Gasteiger partial charge is 0.338 e. The molecule has 0 saturated carbocycles. The molecule has 1 aromatic heterocycles. The van der Waals surface area contributed by atoms with Crippen molar-refractivity contribution in [1.29, 1.82) is 0 Å². The molecule has 0 aliphatic carbocycles. The number of ether oxygens (including phenoxy) is 1. The minimum absolute atomic E-state index is 0.0298. The molecule has 8 heteroatoms. The molecule has 0 spiro atoms. The summed E-state index contributed by atoms with van der Waals surface area (Å²) >= 11 is 5.72. The van der Waals surface area contributed by atoms with E-state index in [0.717, 1.165) is 0 Å². The van der Waals surface area contributed by atoms with Gasteiger partial charge in [0, 0.05) is 17.2 Å². The van der Waals surface area contributed by atoms with Crippen LogP contribution in [-0.2, 0) is 14.6 Å². The highest BCUT2D eigenvalue weighted by atomic mass is 35.5. The molecule has 6 nitrogen and oxygen atoms in total. The Morgan fingerprint density at radius 3 is 2.35 bits per heavy atom. The molecule has 0 atom stereocenters. The normalized spacial score (nSPS) is 11.2. The van der Waals surface area contributed by atoms with Crippen molar-refractivity contribution in [3.63, 3.8) is 0 Å². The van der Waals surface area contributed by atoms with E-state index >= 15 is 0 Å². The Kier molecular flexibility index (Phi) is 5.57. The molecular weight excluding hydrogens is 342 g/mol. The second-order valence-electron chi connectivity index (χ2n) is 4.71. The lowest BCUT2D eigenvalue weighted by atomic mass is 10.3. The quantitative estimate of drug-likeness (QED) is 0.342. The standard InChI is InChI=1S/C15H14ClNO5S/c16-13-2-4-14(5-3-13)23(20,21)11-1-10-22-15(18)12-6-8-17(19)9-7-12/h2-9H,1,10-11H2. The number of benzene rings is 1. The van der Waals surface area contributed by atoms with E-state index in [-0.39, 0.29) is 29.2 Å². The van der Waals surface area contributed by atoms with Crippen LogP contribution in [-0.4, -0.2) is 26.7 Å². The van der Waals surface area contributed by atoms with Crippen molar-refractivity contribution in [2.24, 2.45) is 0 Å². The molecule has 2 rings (SSSR count). The fraction of sp³-hybridized carbons (Fsp3) is 0.200. The predicted molar refractivity (Wildman–Crippen MR) is 83.8 cm³/mol. The number of sulfone groups is 1. The van der Waals surface area contributed by atoms with Gasteiger partial charge in [0.05, 0.1) is 22.8 Å². The average Bonchev–Trinajstić information content (AvgIpc) is 2.52. The summed E-state index contributed by atoms with van der Waals surface area (Å²) in [5.74, 6) is -0.744. The molecular formula is C15H14ClNO5S. The zero-order valence-corrected chi connectivity index (χ0v) is 13.6. The molecule has 122 valence electrons. The van der Waals surface area contributed by atoms with E-state index in [4.69, 9.17) is 16.3 Å². The van der Waals surface area contributed by atoms with Gasteiger partial charge in [-0.2, -0.15) is 4.73 Å². The van der Waals surface area contributed by atoms with Crippen LogP contribution in [0.3, 0.4) is 0 Å². The van der Waals surface area contributed by atoms with Crippen LogP contribution in [0.25, 0.3) is 0 Å². The van der Waals surface area contributed by atoms with Crippen LogP contribution in [0, 0.1) is 5.21 Å². The predicted octanol–water partition coefficient (Wildman–Crippen LogP) is 1.99. The third kappa shape index (κ3) is 4.94. The number of carbonyl (C=O) groups is 1. The molecule has 23 heavy (non-hydrogen) atoms. The van der Waals surface area contributed by atoms with Gasteiger partial charge in [0.1, 0.15) is 0 Å². The van der Waals surface area contributed by atoms with E-state index in [1.54, 1.807) is 0 Å². The number of hydrogen-bond donors (Lipinski definition) is 0. The average molecular weight is 356 g/mol. The molecule has 0 saturated heterocycles. The highest BCUT2D eigenvalue weighted by Gasteiger charge is 2.15. The Hall–Kier alpha value is -2.12. The maximum absolute atomic E-state index is 12.1. The van der Waals surface area contributed by atoms with Crippen LogP contribution in [0.2, 0.25) is 5.02 Å². The van der Waals surface area contributed by atoms with Crippen LogP contribution < -0.4 is 4.73 Å². The van der Waals surface area contributed by atoms with Gasteiger partial charge in [0.15, 0.2) is 22.2 Å². The first-order valence-electron chi connectivity index (χ1n) is 6.73. The number of carbonyl (C=O) groups excluding carboxylic acids is 1. The second-order valence-corrected chi connectivity index (χ2v) is 7.25. The summed E-state index contributed by atoms with van der Waals surface area (Å²) in [5.41, 5.74) is 0.234. The molecule has 0 unspecified atom stereocenters. The monoisotopic (exact) mass is 355 g/mol. The van der Waals surface area contributed by atoms with Crippen molar-refractivity contribution in [3.05, 3.63) is 64.6 Å². The van der Waals surface area contributed by atoms with Crippen molar-refractivity contribution in [1.82, 2.24) is 0 Å². The van der Waals surface area contributed by atoms with Crippen molar-refractivity contribution in [2.45, 2.75) is 11.3 Å². The molecule has 0 N–H and O–H groups in total. The summed E-state index contributed by atoms with van der Waals surface area (Å²) in [4.78, 5) is 11.9. The summed E-state index contributed by atoms with van der Waals surface area (Å²) < 4.78 is 29.7. The fourth-order valence-corrected chi connectivity index (χ4v) is 3.22.